The van der Waals surface area contributed by atoms with Gasteiger partial charge in [-0.05, 0) is 18.9 Å². The van der Waals surface area contributed by atoms with E-state index < -0.39 is 4.92 Å². The lowest BCUT2D eigenvalue weighted by Gasteiger charge is -2.26. The average molecular weight is 282 g/mol. The molecule has 0 radical (unpaired) electrons. The molecule has 1 rings (SSSR count). The van der Waals surface area contributed by atoms with Crippen molar-refractivity contribution in [2.75, 3.05) is 13.7 Å². The van der Waals surface area contributed by atoms with Crippen molar-refractivity contribution >= 4 is 5.69 Å². The van der Waals surface area contributed by atoms with Gasteiger partial charge in [0.15, 0.2) is 0 Å². The highest BCUT2D eigenvalue weighted by molar-refractivity contribution is 5.43. The quantitative estimate of drug-likeness (QED) is 0.585. The van der Waals surface area contributed by atoms with Crippen LogP contribution < -0.4 is 10.5 Å². The van der Waals surface area contributed by atoms with Crippen LogP contribution in [-0.4, -0.2) is 24.2 Å². The summed E-state index contributed by atoms with van der Waals surface area (Å²) in [6.07, 6.45) is 1.63. The number of hydrogen-bond donors (Lipinski definition) is 1. The van der Waals surface area contributed by atoms with Crippen LogP contribution in [0.1, 0.15) is 32.3 Å². The van der Waals surface area contributed by atoms with Crippen molar-refractivity contribution in [3.8, 4) is 5.75 Å². The molecule has 0 fully saturated rings. The zero-order valence-electron chi connectivity index (χ0n) is 12.2. The molecule has 0 aliphatic heterocycles. The molecule has 0 saturated heterocycles. The third kappa shape index (κ3) is 4.18. The second kappa shape index (κ2) is 7.21. The van der Waals surface area contributed by atoms with Gasteiger partial charge in [0.1, 0.15) is 5.75 Å². The van der Waals surface area contributed by atoms with Gasteiger partial charge in [-0.15, -0.1) is 0 Å². The van der Waals surface area contributed by atoms with Crippen LogP contribution in [-0.2, 0) is 11.3 Å². The molecule has 1 aromatic carbocycles. The second-order valence-corrected chi connectivity index (χ2v) is 4.82. The molecule has 0 amide bonds. The van der Waals surface area contributed by atoms with Crippen LogP contribution >= 0.6 is 0 Å². The fraction of sp³-hybridized carbons (Fsp3) is 0.571. The third-order valence-corrected chi connectivity index (χ3v) is 3.53. The highest BCUT2D eigenvalue weighted by atomic mass is 16.6. The lowest BCUT2D eigenvalue weighted by atomic mass is 9.96. The van der Waals surface area contributed by atoms with Crippen molar-refractivity contribution in [2.24, 2.45) is 5.73 Å². The number of nitro groups is 1. The van der Waals surface area contributed by atoms with Gasteiger partial charge in [0, 0.05) is 23.2 Å². The van der Waals surface area contributed by atoms with Crippen LogP contribution in [0.2, 0.25) is 0 Å². The van der Waals surface area contributed by atoms with Gasteiger partial charge in [-0.2, -0.15) is 0 Å². The normalized spacial score (nSPS) is 11.4. The van der Waals surface area contributed by atoms with E-state index in [2.05, 4.69) is 0 Å². The van der Waals surface area contributed by atoms with Gasteiger partial charge in [-0.25, -0.2) is 0 Å². The smallest absolute Gasteiger partial charge is 0.270 e. The maximum absolute atomic E-state index is 10.8. The highest BCUT2D eigenvalue weighted by Gasteiger charge is 2.21. The van der Waals surface area contributed by atoms with E-state index in [0.29, 0.717) is 17.9 Å². The van der Waals surface area contributed by atoms with E-state index >= 15 is 0 Å². The Balaban J connectivity index is 2.75. The topological polar surface area (TPSA) is 87.6 Å². The molecular weight excluding hydrogens is 260 g/mol. The molecule has 112 valence electrons. The molecule has 6 nitrogen and oxygen atoms in total. The predicted molar refractivity (Wildman–Crippen MR) is 76.8 cm³/mol. The van der Waals surface area contributed by atoms with Crippen molar-refractivity contribution in [1.29, 1.82) is 0 Å². The Labute approximate surface area is 119 Å². The summed E-state index contributed by atoms with van der Waals surface area (Å²) in [5, 5.41) is 10.8. The van der Waals surface area contributed by atoms with Crippen LogP contribution in [0.4, 0.5) is 5.69 Å². The minimum atomic E-state index is -0.436. The number of benzene rings is 1. The zero-order chi connectivity index (χ0) is 15.2. The number of rotatable bonds is 8. The van der Waals surface area contributed by atoms with Crippen molar-refractivity contribution < 1.29 is 14.4 Å². The van der Waals surface area contributed by atoms with Crippen LogP contribution in [0.15, 0.2) is 18.2 Å². The molecular formula is C14H22N2O4. The van der Waals surface area contributed by atoms with E-state index in [1.807, 2.05) is 13.8 Å². The number of methoxy groups -OCH3 is 1. The minimum Gasteiger partial charge on any atom is -0.496 e. The Hall–Kier alpha value is -1.66. The average Bonchev–Trinajstić information content (AvgIpc) is 2.46. The SMILES string of the molecule is CCC(N)(CC)COCc1cc([N+](=O)[O-])ccc1OC. The Morgan fingerprint density at radius 1 is 1.35 bits per heavy atom. The van der Waals surface area contributed by atoms with Gasteiger partial charge in [0.2, 0.25) is 0 Å². The van der Waals surface area contributed by atoms with E-state index in [-0.39, 0.29) is 17.8 Å². The highest BCUT2D eigenvalue weighted by Crippen LogP contribution is 2.25. The summed E-state index contributed by atoms with van der Waals surface area (Å²) in [7, 11) is 1.52. The molecule has 6 heteroatoms. The summed E-state index contributed by atoms with van der Waals surface area (Å²) < 4.78 is 10.8. The van der Waals surface area contributed by atoms with Gasteiger partial charge in [0.25, 0.3) is 5.69 Å². The third-order valence-electron chi connectivity index (χ3n) is 3.53. The van der Waals surface area contributed by atoms with Crippen molar-refractivity contribution in [1.82, 2.24) is 0 Å². The number of nitrogens with zero attached hydrogens (tertiary/aromatic N) is 1. The lowest BCUT2D eigenvalue weighted by Crippen LogP contribution is -2.43. The summed E-state index contributed by atoms with van der Waals surface area (Å²) in [6, 6.07) is 4.45. The molecule has 0 heterocycles. The van der Waals surface area contributed by atoms with E-state index in [4.69, 9.17) is 15.2 Å². The predicted octanol–water partition coefficient (Wildman–Crippen LogP) is 2.64. The van der Waals surface area contributed by atoms with Gasteiger partial charge in [-0.1, -0.05) is 13.8 Å². The number of nitro benzene ring substituents is 1. The fourth-order valence-electron chi connectivity index (χ4n) is 1.81. The molecule has 0 saturated carbocycles. The fourth-order valence-corrected chi connectivity index (χ4v) is 1.81. The van der Waals surface area contributed by atoms with E-state index in [1.165, 1.54) is 19.2 Å². The van der Waals surface area contributed by atoms with Crippen molar-refractivity contribution in [3.05, 3.63) is 33.9 Å². The molecule has 0 unspecified atom stereocenters. The lowest BCUT2D eigenvalue weighted by molar-refractivity contribution is -0.385. The van der Waals surface area contributed by atoms with Crippen LogP contribution in [0.25, 0.3) is 0 Å². The first-order chi connectivity index (χ1) is 9.45. The van der Waals surface area contributed by atoms with Gasteiger partial charge in [0.05, 0.1) is 25.2 Å². The monoisotopic (exact) mass is 282 g/mol. The maximum Gasteiger partial charge on any atom is 0.270 e. The molecule has 0 bridgehead atoms. The van der Waals surface area contributed by atoms with Crippen LogP contribution in [0, 0.1) is 10.1 Å². The van der Waals surface area contributed by atoms with Gasteiger partial charge < -0.3 is 15.2 Å². The Morgan fingerprint density at radius 3 is 2.50 bits per heavy atom. The van der Waals surface area contributed by atoms with Crippen molar-refractivity contribution in [2.45, 2.75) is 38.8 Å². The summed E-state index contributed by atoms with van der Waals surface area (Å²) >= 11 is 0. The summed E-state index contributed by atoms with van der Waals surface area (Å²) in [6.45, 7) is 4.68. The molecule has 0 atom stereocenters. The van der Waals surface area contributed by atoms with Crippen molar-refractivity contribution in [3.63, 3.8) is 0 Å². The van der Waals surface area contributed by atoms with E-state index in [0.717, 1.165) is 12.8 Å². The van der Waals surface area contributed by atoms with Crippen LogP contribution in [0.5, 0.6) is 5.75 Å². The summed E-state index contributed by atoms with van der Waals surface area (Å²) in [5.41, 5.74) is 6.46. The van der Waals surface area contributed by atoms with Gasteiger partial charge in [-0.3, -0.25) is 10.1 Å². The van der Waals surface area contributed by atoms with E-state index in [9.17, 15) is 10.1 Å². The number of non-ortho nitro benzene ring substituents is 1. The molecule has 2 N–H and O–H groups in total. The Kier molecular flexibility index (Phi) is 5.91. The first-order valence-corrected chi connectivity index (χ1v) is 6.63. The minimum absolute atomic E-state index is 0.0226. The molecule has 0 aliphatic carbocycles. The first kappa shape index (κ1) is 16.4. The summed E-state index contributed by atoms with van der Waals surface area (Å²) in [4.78, 5) is 10.3. The first-order valence-electron chi connectivity index (χ1n) is 6.63. The molecule has 0 aromatic heterocycles. The molecule has 20 heavy (non-hydrogen) atoms. The molecule has 0 spiro atoms. The largest absolute Gasteiger partial charge is 0.496 e. The Bertz CT molecular complexity index is 458. The second-order valence-electron chi connectivity index (χ2n) is 4.82. The summed E-state index contributed by atoms with van der Waals surface area (Å²) in [5.74, 6) is 0.575. The van der Waals surface area contributed by atoms with Gasteiger partial charge >= 0.3 is 0 Å². The van der Waals surface area contributed by atoms with E-state index in [1.54, 1.807) is 6.07 Å². The number of nitrogens with two attached hydrogens (primary N) is 1. The number of ether oxygens (including phenoxy) is 2. The zero-order valence-corrected chi connectivity index (χ0v) is 12.2. The standard InChI is InChI=1S/C14H22N2O4/c1-4-14(15,5-2)10-20-9-11-8-12(16(17)18)6-7-13(11)19-3/h6-8H,4-5,9-10,15H2,1-3H3. The van der Waals surface area contributed by atoms with Crippen LogP contribution in [0.3, 0.4) is 0 Å². The Morgan fingerprint density at radius 2 is 2.00 bits per heavy atom. The molecule has 1 aromatic rings. The number of hydrogen-bond acceptors (Lipinski definition) is 5. The molecule has 0 aliphatic rings. The maximum atomic E-state index is 10.8.